The highest BCUT2D eigenvalue weighted by molar-refractivity contribution is 7.86. The van der Waals surface area contributed by atoms with Gasteiger partial charge in [-0.25, -0.2) is 0 Å². The van der Waals surface area contributed by atoms with Gasteiger partial charge in [-0.05, 0) is 48.5 Å². The van der Waals surface area contributed by atoms with Gasteiger partial charge in [0.05, 0.1) is 6.54 Å². The Bertz CT molecular complexity index is 300. The third kappa shape index (κ3) is 8.50. The Labute approximate surface area is 114 Å². The van der Waals surface area contributed by atoms with Crippen molar-refractivity contribution < 1.29 is 4.21 Å². The van der Waals surface area contributed by atoms with Gasteiger partial charge < -0.3 is 10.6 Å². The molecule has 1 unspecified atom stereocenters. The SMILES string of the molecule is CCNC(=NCCS(=O)C(C)(C)C)NC(C)(C)C. The van der Waals surface area contributed by atoms with Crippen LogP contribution in [0.3, 0.4) is 0 Å². The van der Waals surface area contributed by atoms with Crippen LogP contribution in [0.1, 0.15) is 48.5 Å². The van der Waals surface area contributed by atoms with Crippen LogP contribution in [0.2, 0.25) is 0 Å². The largest absolute Gasteiger partial charge is 0.357 e. The zero-order chi connectivity index (χ0) is 14.4. The maximum absolute atomic E-state index is 11.9. The van der Waals surface area contributed by atoms with Crippen molar-refractivity contribution in [1.82, 2.24) is 10.6 Å². The number of hydrogen-bond donors (Lipinski definition) is 2. The third-order valence-corrected chi connectivity index (χ3v) is 3.99. The maximum atomic E-state index is 11.9. The predicted molar refractivity (Wildman–Crippen MR) is 81.6 cm³/mol. The van der Waals surface area contributed by atoms with E-state index in [9.17, 15) is 4.21 Å². The molecule has 0 saturated heterocycles. The first-order chi connectivity index (χ1) is 8.06. The Morgan fingerprint density at radius 3 is 2.11 bits per heavy atom. The fraction of sp³-hybridized carbons (Fsp3) is 0.923. The normalized spacial score (nSPS) is 15.4. The quantitative estimate of drug-likeness (QED) is 0.608. The van der Waals surface area contributed by atoms with Gasteiger partial charge in [0, 0.05) is 33.4 Å². The predicted octanol–water partition coefficient (Wildman–Crippen LogP) is 1.89. The van der Waals surface area contributed by atoms with E-state index >= 15 is 0 Å². The molecule has 1 atom stereocenters. The first kappa shape index (κ1) is 17.4. The van der Waals surface area contributed by atoms with Crippen LogP contribution in [0.25, 0.3) is 0 Å². The summed E-state index contributed by atoms with van der Waals surface area (Å²) in [5.41, 5.74) is -0.0236. The van der Waals surface area contributed by atoms with Gasteiger partial charge in [-0.1, -0.05) is 0 Å². The monoisotopic (exact) mass is 275 g/mol. The molecule has 5 heteroatoms. The standard InChI is InChI=1S/C13H29N3OS/c1-8-14-11(16-12(2,3)4)15-9-10-18(17)13(5,6)7/h8-10H2,1-7H3,(H2,14,15,16). The van der Waals surface area contributed by atoms with Gasteiger partial charge in [-0.3, -0.25) is 9.20 Å². The van der Waals surface area contributed by atoms with E-state index in [4.69, 9.17) is 0 Å². The van der Waals surface area contributed by atoms with E-state index in [2.05, 4.69) is 36.4 Å². The van der Waals surface area contributed by atoms with Gasteiger partial charge in [-0.2, -0.15) is 0 Å². The van der Waals surface area contributed by atoms with E-state index in [0.717, 1.165) is 12.5 Å². The molecule has 108 valence electrons. The zero-order valence-corrected chi connectivity index (χ0v) is 13.7. The lowest BCUT2D eigenvalue weighted by molar-refractivity contribution is 0.502. The van der Waals surface area contributed by atoms with Gasteiger partial charge in [-0.15, -0.1) is 0 Å². The molecule has 0 spiro atoms. The van der Waals surface area contributed by atoms with Crippen molar-refractivity contribution in [3.63, 3.8) is 0 Å². The van der Waals surface area contributed by atoms with Crippen LogP contribution in [-0.4, -0.2) is 39.3 Å². The van der Waals surface area contributed by atoms with Gasteiger partial charge in [0.1, 0.15) is 0 Å². The molecule has 0 bridgehead atoms. The van der Waals surface area contributed by atoms with Gasteiger partial charge >= 0.3 is 0 Å². The van der Waals surface area contributed by atoms with Crippen LogP contribution >= 0.6 is 0 Å². The fourth-order valence-corrected chi connectivity index (χ4v) is 2.08. The van der Waals surface area contributed by atoms with Crippen LogP contribution in [0.4, 0.5) is 0 Å². The fourth-order valence-electron chi connectivity index (χ4n) is 1.21. The number of nitrogens with zero attached hydrogens (tertiary/aromatic N) is 1. The molecule has 0 aromatic carbocycles. The summed E-state index contributed by atoms with van der Waals surface area (Å²) in [6, 6.07) is 0. The van der Waals surface area contributed by atoms with Crippen LogP contribution in [0, 0.1) is 0 Å². The van der Waals surface area contributed by atoms with Crippen molar-refractivity contribution in [3.8, 4) is 0 Å². The minimum absolute atomic E-state index is 0.0236. The number of hydrogen-bond acceptors (Lipinski definition) is 2. The molecular formula is C13H29N3OS. The highest BCUT2D eigenvalue weighted by Crippen LogP contribution is 2.10. The maximum Gasteiger partial charge on any atom is 0.191 e. The summed E-state index contributed by atoms with van der Waals surface area (Å²) in [5.74, 6) is 1.39. The van der Waals surface area contributed by atoms with E-state index in [1.807, 2.05) is 27.7 Å². The Morgan fingerprint density at radius 2 is 1.72 bits per heavy atom. The highest BCUT2D eigenvalue weighted by Gasteiger charge is 2.18. The molecule has 0 aliphatic carbocycles. The van der Waals surface area contributed by atoms with E-state index < -0.39 is 10.8 Å². The van der Waals surface area contributed by atoms with E-state index in [0.29, 0.717) is 12.3 Å². The lowest BCUT2D eigenvalue weighted by Crippen LogP contribution is -2.47. The molecule has 0 aromatic rings. The number of rotatable bonds is 4. The van der Waals surface area contributed by atoms with Crippen molar-refractivity contribution in [1.29, 1.82) is 0 Å². The molecule has 0 aliphatic rings. The molecule has 0 saturated carbocycles. The number of nitrogens with one attached hydrogen (secondary N) is 2. The average molecular weight is 275 g/mol. The summed E-state index contributed by atoms with van der Waals surface area (Å²) >= 11 is 0. The van der Waals surface area contributed by atoms with Gasteiger partial charge in [0.15, 0.2) is 5.96 Å². The second-order valence-corrected chi connectivity index (χ2v) is 8.62. The van der Waals surface area contributed by atoms with Crippen molar-refractivity contribution in [2.75, 3.05) is 18.8 Å². The van der Waals surface area contributed by atoms with Crippen LogP contribution in [-0.2, 0) is 10.8 Å². The van der Waals surface area contributed by atoms with Crippen LogP contribution in [0.5, 0.6) is 0 Å². The molecule has 18 heavy (non-hydrogen) atoms. The van der Waals surface area contributed by atoms with Crippen LogP contribution < -0.4 is 10.6 Å². The molecule has 0 aliphatic heterocycles. The van der Waals surface area contributed by atoms with Crippen molar-refractivity contribution in [2.45, 2.75) is 58.8 Å². The Balaban J connectivity index is 4.38. The lowest BCUT2D eigenvalue weighted by atomic mass is 10.1. The van der Waals surface area contributed by atoms with Crippen molar-refractivity contribution in [3.05, 3.63) is 0 Å². The molecule has 0 aromatic heterocycles. The second kappa shape index (κ2) is 7.12. The van der Waals surface area contributed by atoms with E-state index in [-0.39, 0.29) is 10.3 Å². The molecule has 0 fully saturated rings. The molecule has 0 amide bonds. The lowest BCUT2D eigenvalue weighted by Gasteiger charge is -2.24. The summed E-state index contributed by atoms with van der Waals surface area (Å²) in [4.78, 5) is 4.45. The Morgan fingerprint density at radius 1 is 1.17 bits per heavy atom. The van der Waals surface area contributed by atoms with E-state index in [1.54, 1.807) is 0 Å². The topological polar surface area (TPSA) is 53.5 Å². The Hall–Kier alpha value is -0.580. The number of guanidine groups is 1. The molecular weight excluding hydrogens is 246 g/mol. The summed E-state index contributed by atoms with van der Waals surface area (Å²) in [6.45, 7) is 15.7. The van der Waals surface area contributed by atoms with Gasteiger partial charge in [0.2, 0.25) is 0 Å². The highest BCUT2D eigenvalue weighted by atomic mass is 32.2. The van der Waals surface area contributed by atoms with Crippen LogP contribution in [0.15, 0.2) is 4.99 Å². The van der Waals surface area contributed by atoms with Crippen molar-refractivity contribution >= 4 is 16.8 Å². The Kier molecular flexibility index (Phi) is 6.89. The second-order valence-electron chi connectivity index (χ2n) is 6.30. The zero-order valence-electron chi connectivity index (χ0n) is 12.9. The smallest absolute Gasteiger partial charge is 0.191 e. The minimum Gasteiger partial charge on any atom is -0.357 e. The number of aliphatic imine (C=N–C) groups is 1. The minimum atomic E-state index is -0.843. The molecule has 0 heterocycles. The summed E-state index contributed by atoms with van der Waals surface area (Å²) < 4.78 is 11.7. The van der Waals surface area contributed by atoms with Crippen molar-refractivity contribution in [2.24, 2.45) is 4.99 Å². The molecule has 2 N–H and O–H groups in total. The average Bonchev–Trinajstić information content (AvgIpc) is 2.13. The van der Waals surface area contributed by atoms with Gasteiger partial charge in [0.25, 0.3) is 0 Å². The summed E-state index contributed by atoms with van der Waals surface area (Å²) in [5, 5.41) is 6.50. The third-order valence-electron chi connectivity index (χ3n) is 2.07. The molecule has 0 radical (unpaired) electrons. The van der Waals surface area contributed by atoms with E-state index in [1.165, 1.54) is 0 Å². The summed E-state index contributed by atoms with van der Waals surface area (Å²) in [6.07, 6.45) is 0. The molecule has 0 rings (SSSR count). The first-order valence-corrected chi connectivity index (χ1v) is 7.83. The molecule has 4 nitrogen and oxygen atoms in total. The summed E-state index contributed by atoms with van der Waals surface area (Å²) in [7, 11) is -0.843. The first-order valence-electron chi connectivity index (χ1n) is 6.51.